The van der Waals surface area contributed by atoms with E-state index in [0.29, 0.717) is 18.0 Å². The summed E-state index contributed by atoms with van der Waals surface area (Å²) in [5.41, 5.74) is 0.172. The first-order chi connectivity index (χ1) is 18.1. The van der Waals surface area contributed by atoms with Crippen LogP contribution in [0.4, 0.5) is 24.5 Å². The molecule has 198 valence electrons. The van der Waals surface area contributed by atoms with E-state index in [-0.39, 0.29) is 34.9 Å². The average molecular weight is 590 g/mol. The summed E-state index contributed by atoms with van der Waals surface area (Å²) in [6.07, 6.45) is -4.55. The van der Waals surface area contributed by atoms with Crippen molar-refractivity contribution in [1.29, 1.82) is 0 Å². The van der Waals surface area contributed by atoms with Crippen LogP contribution in [0.1, 0.15) is 17.5 Å². The lowest BCUT2D eigenvalue weighted by molar-refractivity contribution is -0.137. The van der Waals surface area contributed by atoms with Crippen LogP contribution in [0.3, 0.4) is 0 Å². The van der Waals surface area contributed by atoms with E-state index in [1.165, 1.54) is 11.0 Å². The van der Waals surface area contributed by atoms with Gasteiger partial charge < -0.3 is 20.3 Å². The first-order valence-corrected chi connectivity index (χ1v) is 12.4. The SMILES string of the molecule is O=C(COc1ccc(N2C[C@H](C(=O)NCc3ccccc3)CC2=O)cc1)Nc1ccc(Br)cc1C(F)(F)F. The Balaban J connectivity index is 1.29. The molecule has 3 aromatic carbocycles. The molecular formula is C27H23BrF3N3O4. The predicted octanol–water partition coefficient (Wildman–Crippen LogP) is 5.15. The van der Waals surface area contributed by atoms with Crippen LogP contribution >= 0.6 is 15.9 Å². The number of anilines is 2. The Morgan fingerprint density at radius 2 is 1.74 bits per heavy atom. The third-order valence-electron chi connectivity index (χ3n) is 5.88. The molecule has 0 bridgehead atoms. The minimum absolute atomic E-state index is 0.0923. The zero-order chi connectivity index (χ0) is 27.3. The number of benzene rings is 3. The van der Waals surface area contributed by atoms with Crippen LogP contribution in [-0.2, 0) is 27.1 Å². The molecule has 1 saturated heterocycles. The van der Waals surface area contributed by atoms with Crippen LogP contribution in [-0.4, -0.2) is 30.9 Å². The molecule has 0 aliphatic carbocycles. The van der Waals surface area contributed by atoms with Crippen molar-refractivity contribution >= 4 is 45.0 Å². The highest BCUT2D eigenvalue weighted by molar-refractivity contribution is 9.10. The summed E-state index contributed by atoms with van der Waals surface area (Å²) < 4.78 is 45.4. The van der Waals surface area contributed by atoms with E-state index in [2.05, 4.69) is 26.6 Å². The van der Waals surface area contributed by atoms with Crippen LogP contribution in [0.25, 0.3) is 0 Å². The van der Waals surface area contributed by atoms with E-state index < -0.39 is 30.2 Å². The zero-order valence-electron chi connectivity index (χ0n) is 19.9. The van der Waals surface area contributed by atoms with E-state index >= 15 is 0 Å². The highest BCUT2D eigenvalue weighted by Gasteiger charge is 2.35. The molecule has 2 N–H and O–H groups in total. The fourth-order valence-electron chi connectivity index (χ4n) is 3.98. The van der Waals surface area contributed by atoms with Gasteiger partial charge in [-0.2, -0.15) is 13.2 Å². The summed E-state index contributed by atoms with van der Waals surface area (Å²) in [5.74, 6) is -1.34. The van der Waals surface area contributed by atoms with Crippen LogP contribution in [0, 0.1) is 5.92 Å². The maximum absolute atomic E-state index is 13.2. The van der Waals surface area contributed by atoms with Crippen molar-refractivity contribution in [1.82, 2.24) is 5.32 Å². The number of carbonyl (C=O) groups is 3. The van der Waals surface area contributed by atoms with E-state index in [0.717, 1.165) is 17.7 Å². The summed E-state index contributed by atoms with van der Waals surface area (Å²) in [5, 5.41) is 5.08. The molecule has 1 fully saturated rings. The summed E-state index contributed by atoms with van der Waals surface area (Å²) in [4.78, 5) is 38.8. The molecule has 0 saturated carbocycles. The summed E-state index contributed by atoms with van der Waals surface area (Å²) in [6, 6.07) is 19.2. The molecule has 0 spiro atoms. The highest BCUT2D eigenvalue weighted by atomic mass is 79.9. The van der Waals surface area contributed by atoms with Gasteiger partial charge in [0.1, 0.15) is 5.75 Å². The zero-order valence-corrected chi connectivity index (χ0v) is 21.5. The van der Waals surface area contributed by atoms with Gasteiger partial charge in [-0.1, -0.05) is 46.3 Å². The van der Waals surface area contributed by atoms with Gasteiger partial charge in [0.05, 0.1) is 17.2 Å². The number of alkyl halides is 3. The summed E-state index contributed by atoms with van der Waals surface area (Å²) in [6.45, 7) is 0.0964. The molecule has 0 radical (unpaired) electrons. The van der Waals surface area contributed by atoms with Gasteiger partial charge in [-0.05, 0) is 48.0 Å². The van der Waals surface area contributed by atoms with Crippen molar-refractivity contribution < 1.29 is 32.3 Å². The minimum atomic E-state index is -4.64. The maximum Gasteiger partial charge on any atom is 0.418 e. The number of carbonyl (C=O) groups excluding carboxylic acids is 3. The van der Waals surface area contributed by atoms with Crippen LogP contribution < -0.4 is 20.3 Å². The number of hydrogen-bond acceptors (Lipinski definition) is 4. The molecule has 1 aliphatic rings. The average Bonchev–Trinajstić information content (AvgIpc) is 3.29. The smallest absolute Gasteiger partial charge is 0.418 e. The molecule has 3 aromatic rings. The Bertz CT molecular complexity index is 1320. The minimum Gasteiger partial charge on any atom is -0.484 e. The van der Waals surface area contributed by atoms with Gasteiger partial charge in [0.15, 0.2) is 6.61 Å². The van der Waals surface area contributed by atoms with Crippen molar-refractivity contribution in [2.24, 2.45) is 5.92 Å². The van der Waals surface area contributed by atoms with Crippen molar-refractivity contribution in [2.75, 3.05) is 23.4 Å². The third-order valence-corrected chi connectivity index (χ3v) is 6.38. The van der Waals surface area contributed by atoms with E-state index in [4.69, 9.17) is 4.74 Å². The van der Waals surface area contributed by atoms with Gasteiger partial charge in [-0.15, -0.1) is 0 Å². The second-order valence-electron chi connectivity index (χ2n) is 8.63. The van der Waals surface area contributed by atoms with Gasteiger partial charge in [0, 0.05) is 29.7 Å². The Morgan fingerprint density at radius 3 is 2.42 bits per heavy atom. The number of halogens is 4. The Kier molecular flexibility index (Phi) is 8.35. The summed E-state index contributed by atoms with van der Waals surface area (Å²) in [7, 11) is 0. The maximum atomic E-state index is 13.2. The van der Waals surface area contributed by atoms with Crippen LogP contribution in [0.15, 0.2) is 77.3 Å². The lowest BCUT2D eigenvalue weighted by Gasteiger charge is -2.17. The quantitative estimate of drug-likeness (QED) is 0.380. The normalized spacial score (nSPS) is 15.3. The summed E-state index contributed by atoms with van der Waals surface area (Å²) >= 11 is 2.99. The molecule has 0 aromatic heterocycles. The fourth-order valence-corrected chi connectivity index (χ4v) is 4.34. The molecule has 4 rings (SSSR count). The molecule has 3 amide bonds. The van der Waals surface area contributed by atoms with Crippen LogP contribution in [0.5, 0.6) is 5.75 Å². The lowest BCUT2D eigenvalue weighted by atomic mass is 10.1. The number of amides is 3. The van der Waals surface area contributed by atoms with Crippen molar-refractivity contribution in [2.45, 2.75) is 19.1 Å². The highest BCUT2D eigenvalue weighted by Crippen LogP contribution is 2.36. The molecule has 7 nitrogen and oxygen atoms in total. The predicted molar refractivity (Wildman–Crippen MR) is 138 cm³/mol. The van der Waals surface area contributed by atoms with Crippen molar-refractivity contribution in [3.63, 3.8) is 0 Å². The van der Waals surface area contributed by atoms with Gasteiger partial charge in [-0.25, -0.2) is 0 Å². The first kappa shape index (κ1) is 27.2. The molecule has 0 unspecified atom stereocenters. The largest absolute Gasteiger partial charge is 0.484 e. The number of nitrogens with zero attached hydrogens (tertiary/aromatic N) is 1. The number of hydrogen-bond donors (Lipinski definition) is 2. The standard InChI is InChI=1S/C27H23BrF3N3O4/c28-19-6-11-23(22(13-19)27(29,30)31)33-24(35)16-38-21-9-7-20(8-10-21)34-15-18(12-25(34)36)26(37)32-14-17-4-2-1-3-5-17/h1-11,13,18H,12,14-16H2,(H,32,37)(H,33,35)/t18-/m1/s1. The lowest BCUT2D eigenvalue weighted by Crippen LogP contribution is -2.32. The second kappa shape index (κ2) is 11.7. The van der Waals surface area contributed by atoms with Crippen molar-refractivity contribution in [3.8, 4) is 5.75 Å². The number of rotatable bonds is 8. The van der Waals surface area contributed by atoms with E-state index in [1.807, 2.05) is 30.3 Å². The molecule has 1 atom stereocenters. The van der Waals surface area contributed by atoms with Gasteiger partial charge in [0.25, 0.3) is 5.91 Å². The molecule has 11 heteroatoms. The fraction of sp³-hybridized carbons (Fsp3) is 0.222. The molecule has 1 heterocycles. The van der Waals surface area contributed by atoms with Crippen molar-refractivity contribution in [3.05, 3.63) is 88.4 Å². The first-order valence-electron chi connectivity index (χ1n) is 11.6. The van der Waals surface area contributed by atoms with Gasteiger partial charge in [-0.3, -0.25) is 14.4 Å². The topological polar surface area (TPSA) is 87.7 Å². The molecule has 1 aliphatic heterocycles. The van der Waals surface area contributed by atoms with E-state index in [9.17, 15) is 27.6 Å². The third kappa shape index (κ3) is 6.91. The number of ether oxygens (including phenoxy) is 1. The van der Waals surface area contributed by atoms with Gasteiger partial charge in [0.2, 0.25) is 11.8 Å². The Morgan fingerprint density at radius 1 is 1.03 bits per heavy atom. The van der Waals surface area contributed by atoms with Crippen LogP contribution in [0.2, 0.25) is 0 Å². The second-order valence-corrected chi connectivity index (χ2v) is 9.54. The Hall–Kier alpha value is -3.86. The van der Waals surface area contributed by atoms with E-state index in [1.54, 1.807) is 24.3 Å². The number of nitrogens with one attached hydrogen (secondary N) is 2. The molecular weight excluding hydrogens is 567 g/mol. The van der Waals surface area contributed by atoms with Gasteiger partial charge >= 0.3 is 6.18 Å². The Labute approximate surface area is 225 Å². The molecule has 38 heavy (non-hydrogen) atoms. The monoisotopic (exact) mass is 589 g/mol.